The Morgan fingerprint density at radius 1 is 1.62 bits per heavy atom. The molecular formula is C6H13FN2O3S. The van der Waals surface area contributed by atoms with Crippen molar-refractivity contribution in [1.82, 2.24) is 4.90 Å². The second-order valence-corrected chi connectivity index (χ2v) is 4.22. The van der Waals surface area contributed by atoms with Crippen LogP contribution in [0.25, 0.3) is 0 Å². The monoisotopic (exact) mass is 212 g/mol. The van der Waals surface area contributed by atoms with E-state index in [-0.39, 0.29) is 6.09 Å². The molecule has 0 aromatic rings. The Balaban J connectivity index is 0.000000252. The van der Waals surface area contributed by atoms with Gasteiger partial charge < -0.3 is 4.55 Å². The molecule has 1 aliphatic heterocycles. The first-order chi connectivity index (χ1) is 5.72. The third kappa shape index (κ3) is 6.47. The Labute approximate surface area is 77.2 Å². The molecule has 0 aromatic heterocycles. The van der Waals surface area contributed by atoms with Crippen molar-refractivity contribution in [2.24, 2.45) is 0 Å². The van der Waals surface area contributed by atoms with Gasteiger partial charge in [-0.05, 0) is 0 Å². The zero-order valence-corrected chi connectivity index (χ0v) is 8.64. The molecule has 1 heterocycles. The van der Waals surface area contributed by atoms with E-state index in [1.54, 1.807) is 23.6 Å². The van der Waals surface area contributed by atoms with Gasteiger partial charge in [0.1, 0.15) is 13.1 Å². The van der Waals surface area contributed by atoms with Crippen LogP contribution >= 0.6 is 0 Å². The highest BCUT2D eigenvalue weighted by Crippen LogP contribution is 1.95. The molecule has 0 unspecified atom stereocenters. The van der Waals surface area contributed by atoms with Crippen LogP contribution in [-0.4, -0.2) is 62.0 Å². The van der Waals surface area contributed by atoms with Crippen molar-refractivity contribution in [3.8, 4) is 0 Å². The molecule has 0 aliphatic carbocycles. The summed E-state index contributed by atoms with van der Waals surface area (Å²) in [6.45, 7) is 1.62. The molecule has 0 aromatic carbocycles. The first-order valence-electron chi connectivity index (χ1n) is 3.57. The van der Waals surface area contributed by atoms with E-state index in [1.165, 1.54) is 0 Å². The average Bonchev–Trinajstić information content (AvgIpc) is 2.16. The van der Waals surface area contributed by atoms with Gasteiger partial charge in [0.25, 0.3) is 0 Å². The van der Waals surface area contributed by atoms with E-state index in [2.05, 4.69) is 0 Å². The zero-order valence-electron chi connectivity index (χ0n) is 7.82. The van der Waals surface area contributed by atoms with Crippen molar-refractivity contribution in [3.05, 3.63) is 0 Å². The van der Waals surface area contributed by atoms with Crippen molar-refractivity contribution in [3.63, 3.8) is 0 Å². The van der Waals surface area contributed by atoms with E-state index < -0.39 is 10.1 Å². The van der Waals surface area contributed by atoms with E-state index in [9.17, 15) is 4.39 Å². The van der Waals surface area contributed by atoms with Gasteiger partial charge in [0.2, 0.25) is 0 Å². The van der Waals surface area contributed by atoms with Gasteiger partial charge in [0.05, 0.1) is 24.2 Å². The van der Waals surface area contributed by atoms with Crippen LogP contribution in [0.2, 0.25) is 0 Å². The lowest BCUT2D eigenvalue weighted by molar-refractivity contribution is -0.491. The molecule has 0 N–H and O–H groups in total. The number of hydrogen-bond donors (Lipinski definition) is 0. The molecule has 1 aliphatic rings. The third-order valence-corrected chi connectivity index (χ3v) is 1.40. The highest BCUT2D eigenvalue weighted by atomic mass is 32.2. The molecule has 0 saturated carbocycles. The van der Waals surface area contributed by atoms with Gasteiger partial charge >= 0.3 is 6.09 Å². The van der Waals surface area contributed by atoms with Gasteiger partial charge in [-0.15, -0.1) is 4.39 Å². The van der Waals surface area contributed by atoms with Crippen LogP contribution in [0.4, 0.5) is 4.39 Å². The summed E-state index contributed by atoms with van der Waals surface area (Å²) in [5.41, 5.74) is 0. The lowest BCUT2D eigenvalue weighted by atomic mass is 10.6. The topological polar surface area (TPSA) is 63.5 Å². The number of amidine groups is 1. The van der Waals surface area contributed by atoms with E-state index in [4.69, 9.17) is 13.0 Å². The standard InChI is InChI=1S/C5H10FN2.CH4O3S/c1-7-3-4-8(2)5(7)6;1-5(2,3)4/h3-4H2,1-2H3;1H3,(H,2,3,4)/q+1;/p-1. The van der Waals surface area contributed by atoms with E-state index in [0.717, 1.165) is 13.1 Å². The van der Waals surface area contributed by atoms with Crippen LogP contribution in [0, 0.1) is 0 Å². The number of likely N-dealkylation sites (N-methyl/N-ethyl adjacent to an activating group) is 2. The first kappa shape index (κ1) is 12.3. The second-order valence-electron chi connectivity index (χ2n) is 2.82. The largest absolute Gasteiger partial charge is 0.748 e. The van der Waals surface area contributed by atoms with Crippen molar-refractivity contribution in [1.29, 1.82) is 0 Å². The molecule has 1 rings (SSSR count). The maximum atomic E-state index is 12.5. The molecule has 78 valence electrons. The van der Waals surface area contributed by atoms with Gasteiger partial charge in [-0.3, -0.25) is 0 Å². The van der Waals surface area contributed by atoms with Gasteiger partial charge in [0.15, 0.2) is 0 Å². The first-order valence-corrected chi connectivity index (χ1v) is 5.39. The fraction of sp³-hybridized carbons (Fsp3) is 0.833. The van der Waals surface area contributed by atoms with E-state index in [0.29, 0.717) is 6.26 Å². The van der Waals surface area contributed by atoms with Gasteiger partial charge in [-0.2, -0.15) is 0 Å². The van der Waals surface area contributed by atoms with Crippen LogP contribution in [-0.2, 0) is 10.1 Å². The lowest BCUT2D eigenvalue weighted by Crippen LogP contribution is -2.19. The van der Waals surface area contributed by atoms with E-state index >= 15 is 0 Å². The summed E-state index contributed by atoms with van der Waals surface area (Å²) in [4.78, 5) is 1.60. The molecule has 7 heteroatoms. The Kier molecular flexibility index (Phi) is 4.28. The molecule has 0 bridgehead atoms. The summed E-state index contributed by atoms with van der Waals surface area (Å²) in [7, 11) is -0.419. The Hall–Kier alpha value is -0.690. The Morgan fingerprint density at radius 2 is 2.00 bits per heavy atom. The zero-order chi connectivity index (χ0) is 10.6. The fourth-order valence-corrected chi connectivity index (χ4v) is 0.776. The summed E-state index contributed by atoms with van der Waals surface area (Å²) >= 11 is 0. The highest BCUT2D eigenvalue weighted by Gasteiger charge is 2.23. The lowest BCUT2D eigenvalue weighted by Gasteiger charge is -1.94. The normalized spacial score (nSPS) is 17.2. The smallest absolute Gasteiger partial charge is 0.435 e. The van der Waals surface area contributed by atoms with E-state index in [1.807, 2.05) is 0 Å². The van der Waals surface area contributed by atoms with Crippen molar-refractivity contribution >= 4 is 16.2 Å². The van der Waals surface area contributed by atoms with Crippen molar-refractivity contribution in [2.75, 3.05) is 33.4 Å². The SMILES string of the molecule is CN1CC[N+](C)=C1F.CS(=O)(=O)[O-]. The summed E-state index contributed by atoms with van der Waals surface area (Å²) in [6, 6.07) is 0. The predicted molar refractivity (Wildman–Crippen MR) is 45.4 cm³/mol. The Morgan fingerprint density at radius 3 is 2.08 bits per heavy atom. The van der Waals surface area contributed by atoms with Crippen molar-refractivity contribution < 1.29 is 21.9 Å². The average molecular weight is 212 g/mol. The number of rotatable bonds is 0. The quantitative estimate of drug-likeness (QED) is 0.295. The molecule has 0 atom stereocenters. The maximum absolute atomic E-state index is 12.5. The summed E-state index contributed by atoms with van der Waals surface area (Å²) in [5, 5.41) is 0. The highest BCUT2D eigenvalue weighted by molar-refractivity contribution is 7.84. The van der Waals surface area contributed by atoms with Crippen LogP contribution in [0.5, 0.6) is 0 Å². The number of hydrogen-bond acceptors (Lipinski definition) is 4. The van der Waals surface area contributed by atoms with Gasteiger partial charge in [-0.25, -0.2) is 17.9 Å². The summed E-state index contributed by atoms with van der Waals surface area (Å²) in [5.74, 6) is 0. The van der Waals surface area contributed by atoms with Gasteiger partial charge in [-0.1, -0.05) is 0 Å². The molecular weight excluding hydrogens is 199 g/mol. The minimum absolute atomic E-state index is 0.120. The summed E-state index contributed by atoms with van der Waals surface area (Å²) < 4.78 is 41.3. The summed E-state index contributed by atoms with van der Waals surface area (Å²) in [6.07, 6.45) is 0.484. The molecule has 0 spiro atoms. The van der Waals surface area contributed by atoms with Crippen LogP contribution in [0.15, 0.2) is 0 Å². The third-order valence-electron chi connectivity index (χ3n) is 1.40. The number of halogens is 1. The molecule has 5 nitrogen and oxygen atoms in total. The van der Waals surface area contributed by atoms with Crippen LogP contribution in [0.1, 0.15) is 0 Å². The van der Waals surface area contributed by atoms with Crippen LogP contribution < -0.4 is 0 Å². The van der Waals surface area contributed by atoms with Crippen molar-refractivity contribution in [2.45, 2.75) is 0 Å². The van der Waals surface area contributed by atoms with Gasteiger partial charge in [0, 0.05) is 6.26 Å². The maximum Gasteiger partial charge on any atom is 0.435 e. The fourth-order valence-electron chi connectivity index (χ4n) is 0.776. The second kappa shape index (κ2) is 4.52. The predicted octanol–water partition coefficient (Wildman–Crippen LogP) is -0.939. The minimum Gasteiger partial charge on any atom is -0.748 e. The molecule has 0 fully saturated rings. The Bertz CT molecular complexity index is 291. The molecule has 0 radical (unpaired) electrons. The van der Waals surface area contributed by atoms with Crippen LogP contribution in [0.3, 0.4) is 0 Å². The molecule has 0 amide bonds. The minimum atomic E-state index is -3.92. The number of nitrogens with zero attached hydrogens (tertiary/aromatic N) is 2. The molecule has 0 saturated heterocycles. The molecule has 13 heavy (non-hydrogen) atoms.